The van der Waals surface area contributed by atoms with Crippen LogP contribution in [-0.2, 0) is 16.0 Å². The van der Waals surface area contributed by atoms with Gasteiger partial charge in [0, 0.05) is 24.0 Å². The van der Waals surface area contributed by atoms with Gasteiger partial charge in [0.25, 0.3) is 0 Å². The molecule has 0 saturated carbocycles. The minimum Gasteiger partial charge on any atom is -0.481 e. The van der Waals surface area contributed by atoms with Crippen LogP contribution in [0.4, 0.5) is 0 Å². The molecule has 2 N–H and O–H groups in total. The van der Waals surface area contributed by atoms with Crippen LogP contribution in [-0.4, -0.2) is 44.2 Å². The molecule has 6 heteroatoms. The van der Waals surface area contributed by atoms with Gasteiger partial charge in [0.15, 0.2) is 0 Å². The molecule has 3 heterocycles. The average Bonchev–Trinajstić information content (AvgIpc) is 3.02. The number of aromatic nitrogens is 2. The van der Waals surface area contributed by atoms with Crippen molar-refractivity contribution in [2.45, 2.75) is 37.8 Å². The number of hydrogen-bond acceptors (Lipinski definition) is 3. The zero-order chi connectivity index (χ0) is 12.7. The predicted molar refractivity (Wildman–Crippen MR) is 61.7 cm³/mol. The van der Waals surface area contributed by atoms with Crippen molar-refractivity contribution < 1.29 is 14.7 Å². The molecular formula is C12H15N3O3. The molecule has 0 aliphatic carbocycles. The van der Waals surface area contributed by atoms with Gasteiger partial charge in [-0.3, -0.25) is 14.7 Å². The van der Waals surface area contributed by atoms with Gasteiger partial charge in [-0.05, 0) is 25.3 Å². The Balaban J connectivity index is 1.73. The van der Waals surface area contributed by atoms with E-state index in [0.717, 1.165) is 18.5 Å². The van der Waals surface area contributed by atoms with Crippen molar-refractivity contribution in [1.82, 2.24) is 15.1 Å². The van der Waals surface area contributed by atoms with E-state index >= 15 is 0 Å². The van der Waals surface area contributed by atoms with E-state index in [9.17, 15) is 9.59 Å². The molecule has 2 bridgehead atoms. The van der Waals surface area contributed by atoms with E-state index in [1.807, 2.05) is 0 Å². The molecule has 1 amide bonds. The molecule has 1 aromatic heterocycles. The van der Waals surface area contributed by atoms with Gasteiger partial charge in [0.1, 0.15) is 0 Å². The lowest BCUT2D eigenvalue weighted by atomic mass is 9.89. The Morgan fingerprint density at radius 3 is 2.94 bits per heavy atom. The van der Waals surface area contributed by atoms with Crippen LogP contribution in [0.5, 0.6) is 0 Å². The molecule has 96 valence electrons. The third-order valence-electron chi connectivity index (χ3n) is 4.04. The van der Waals surface area contributed by atoms with Crippen molar-refractivity contribution in [3.8, 4) is 0 Å². The summed E-state index contributed by atoms with van der Waals surface area (Å²) in [6, 6.07) is 1.78. The van der Waals surface area contributed by atoms with Crippen LogP contribution in [0.2, 0.25) is 0 Å². The highest BCUT2D eigenvalue weighted by Gasteiger charge is 2.51. The summed E-state index contributed by atoms with van der Waals surface area (Å²) in [4.78, 5) is 25.1. The van der Waals surface area contributed by atoms with Crippen molar-refractivity contribution >= 4 is 11.9 Å². The second kappa shape index (κ2) is 4.12. The van der Waals surface area contributed by atoms with E-state index < -0.39 is 5.97 Å². The number of aliphatic carboxylic acids is 1. The highest BCUT2D eigenvalue weighted by molar-refractivity contribution is 5.82. The summed E-state index contributed by atoms with van der Waals surface area (Å²) in [7, 11) is 0. The fourth-order valence-electron chi connectivity index (χ4n) is 3.28. The third-order valence-corrected chi connectivity index (χ3v) is 4.04. The smallest absolute Gasteiger partial charge is 0.308 e. The second-order valence-corrected chi connectivity index (χ2v) is 5.04. The van der Waals surface area contributed by atoms with Crippen LogP contribution < -0.4 is 0 Å². The number of H-pyrrole nitrogens is 1. The number of nitrogens with one attached hydrogen (secondary N) is 1. The van der Waals surface area contributed by atoms with Gasteiger partial charge < -0.3 is 10.0 Å². The van der Waals surface area contributed by atoms with Crippen molar-refractivity contribution in [3.05, 3.63) is 18.0 Å². The molecule has 2 fully saturated rings. The molecule has 0 radical (unpaired) electrons. The van der Waals surface area contributed by atoms with E-state index in [2.05, 4.69) is 10.2 Å². The normalized spacial score (nSPS) is 29.8. The summed E-state index contributed by atoms with van der Waals surface area (Å²) >= 11 is 0. The lowest BCUT2D eigenvalue weighted by Gasteiger charge is -2.22. The average molecular weight is 249 g/mol. The number of hydrogen-bond donors (Lipinski definition) is 2. The molecular weight excluding hydrogens is 234 g/mol. The molecule has 3 rings (SSSR count). The van der Waals surface area contributed by atoms with E-state index in [1.54, 1.807) is 17.2 Å². The lowest BCUT2D eigenvalue weighted by molar-refractivity contribution is -0.143. The van der Waals surface area contributed by atoms with Gasteiger partial charge in [-0.2, -0.15) is 5.10 Å². The molecule has 3 unspecified atom stereocenters. The fraction of sp³-hybridized carbons (Fsp3) is 0.583. The molecule has 1 aromatic rings. The minimum absolute atomic E-state index is 0.00972. The Morgan fingerprint density at radius 1 is 1.50 bits per heavy atom. The van der Waals surface area contributed by atoms with Crippen LogP contribution in [0.15, 0.2) is 12.3 Å². The number of aromatic amines is 1. The number of carbonyl (C=O) groups is 2. The summed E-state index contributed by atoms with van der Waals surface area (Å²) in [6.45, 7) is 0. The van der Waals surface area contributed by atoms with E-state index in [1.165, 1.54) is 0 Å². The van der Waals surface area contributed by atoms with Gasteiger partial charge in [-0.1, -0.05) is 0 Å². The summed E-state index contributed by atoms with van der Waals surface area (Å²) in [5.74, 6) is -1.15. The largest absolute Gasteiger partial charge is 0.481 e. The number of amides is 1. The molecule has 0 aromatic carbocycles. The molecule has 6 nitrogen and oxygen atoms in total. The van der Waals surface area contributed by atoms with Crippen molar-refractivity contribution in [2.24, 2.45) is 5.92 Å². The maximum atomic E-state index is 12.2. The first-order valence-electron chi connectivity index (χ1n) is 6.19. The summed E-state index contributed by atoms with van der Waals surface area (Å²) < 4.78 is 0. The Morgan fingerprint density at radius 2 is 2.33 bits per heavy atom. The SMILES string of the molecule is O=C(O)C1CC2CCC1N2C(=O)Cc1ccn[nH]1. The number of carboxylic acid groups (broad SMARTS) is 1. The number of fused-ring (bicyclic) bond motifs is 2. The monoisotopic (exact) mass is 249 g/mol. The summed E-state index contributed by atoms with van der Waals surface area (Å²) in [5.41, 5.74) is 0.776. The van der Waals surface area contributed by atoms with Crippen LogP contribution in [0.25, 0.3) is 0 Å². The van der Waals surface area contributed by atoms with Crippen LogP contribution in [0.3, 0.4) is 0 Å². The van der Waals surface area contributed by atoms with Gasteiger partial charge in [0.05, 0.1) is 12.3 Å². The van der Waals surface area contributed by atoms with Gasteiger partial charge in [-0.15, -0.1) is 0 Å². The van der Waals surface area contributed by atoms with Crippen LogP contribution in [0.1, 0.15) is 25.0 Å². The number of rotatable bonds is 3. The first kappa shape index (κ1) is 11.3. The summed E-state index contributed by atoms with van der Waals surface area (Å²) in [6.07, 6.45) is 4.24. The minimum atomic E-state index is -0.776. The summed E-state index contributed by atoms with van der Waals surface area (Å²) in [5, 5.41) is 15.7. The third kappa shape index (κ3) is 1.68. The highest BCUT2D eigenvalue weighted by Crippen LogP contribution is 2.42. The zero-order valence-electron chi connectivity index (χ0n) is 9.87. The van der Waals surface area contributed by atoms with Crippen molar-refractivity contribution in [3.63, 3.8) is 0 Å². The van der Waals surface area contributed by atoms with E-state index in [4.69, 9.17) is 5.11 Å². The van der Waals surface area contributed by atoms with Crippen molar-refractivity contribution in [2.75, 3.05) is 0 Å². The molecule has 3 atom stereocenters. The maximum Gasteiger partial charge on any atom is 0.308 e. The second-order valence-electron chi connectivity index (χ2n) is 5.04. The number of nitrogens with zero attached hydrogens (tertiary/aromatic N) is 2. The van der Waals surface area contributed by atoms with Crippen LogP contribution in [0, 0.1) is 5.92 Å². The van der Waals surface area contributed by atoms with Gasteiger partial charge in [-0.25, -0.2) is 0 Å². The standard InChI is InChI=1S/C12H15N3O3/c16-11(5-7-3-4-13-14-7)15-8-1-2-10(15)9(6-8)12(17)18/h3-4,8-10H,1-2,5-6H2,(H,13,14)(H,17,18). The Bertz CT molecular complexity index is 471. The topological polar surface area (TPSA) is 86.3 Å². The molecule has 2 aliphatic rings. The Kier molecular flexibility index (Phi) is 2.57. The molecule has 2 saturated heterocycles. The Hall–Kier alpha value is -1.85. The Labute approximate surface area is 104 Å². The quantitative estimate of drug-likeness (QED) is 0.812. The maximum absolute atomic E-state index is 12.2. The van der Waals surface area contributed by atoms with Crippen LogP contribution >= 0.6 is 0 Å². The van der Waals surface area contributed by atoms with Crippen molar-refractivity contribution in [1.29, 1.82) is 0 Å². The fourth-order valence-corrected chi connectivity index (χ4v) is 3.28. The number of carbonyl (C=O) groups excluding carboxylic acids is 1. The number of carboxylic acids is 1. The van der Waals surface area contributed by atoms with E-state index in [0.29, 0.717) is 6.42 Å². The molecule has 0 spiro atoms. The van der Waals surface area contributed by atoms with Gasteiger partial charge in [0.2, 0.25) is 5.91 Å². The first-order valence-corrected chi connectivity index (χ1v) is 6.19. The lowest BCUT2D eigenvalue weighted by Crippen LogP contribution is -2.38. The first-order chi connectivity index (χ1) is 8.66. The van der Waals surface area contributed by atoms with Gasteiger partial charge >= 0.3 is 5.97 Å². The predicted octanol–water partition coefficient (Wildman–Crippen LogP) is 0.416. The molecule has 18 heavy (non-hydrogen) atoms. The highest BCUT2D eigenvalue weighted by atomic mass is 16.4. The molecule has 2 aliphatic heterocycles. The van der Waals surface area contributed by atoms with E-state index in [-0.39, 0.29) is 30.3 Å². The zero-order valence-corrected chi connectivity index (χ0v) is 9.87.